The average Bonchev–Trinajstić information content (AvgIpc) is 2.89. The molecule has 0 fully saturated rings. The zero-order valence-electron chi connectivity index (χ0n) is 11.4. The van der Waals surface area contributed by atoms with E-state index in [1.807, 2.05) is 0 Å². The molecule has 8 heteroatoms. The van der Waals surface area contributed by atoms with Crippen molar-refractivity contribution >= 4 is 28.6 Å². The maximum atomic E-state index is 7.79. The van der Waals surface area contributed by atoms with Gasteiger partial charge >= 0.3 is 0 Å². The minimum atomic E-state index is -0.529. The molecule has 7 N–H and O–H groups in total. The summed E-state index contributed by atoms with van der Waals surface area (Å²) < 4.78 is 4.81. The summed E-state index contributed by atoms with van der Waals surface area (Å²) in [5.41, 5.74) is 12.9. The van der Waals surface area contributed by atoms with Gasteiger partial charge in [-0.1, -0.05) is 0 Å². The van der Waals surface area contributed by atoms with Gasteiger partial charge in [-0.3, -0.25) is 10.8 Å². The van der Waals surface area contributed by atoms with E-state index in [0.717, 1.165) is 16.5 Å². The maximum absolute atomic E-state index is 7.79. The molecule has 0 radical (unpaired) electrons. The Morgan fingerprint density at radius 3 is 2.77 bits per heavy atom. The van der Waals surface area contributed by atoms with E-state index in [2.05, 4.69) is 15.0 Å². The van der Waals surface area contributed by atoms with E-state index in [1.54, 1.807) is 36.7 Å². The number of nitrogen functional groups attached to an aromatic ring is 1. The maximum Gasteiger partial charge on any atom is 0.285 e. The van der Waals surface area contributed by atoms with Crippen molar-refractivity contribution in [2.45, 2.75) is 0 Å². The van der Waals surface area contributed by atoms with Gasteiger partial charge < -0.3 is 21.2 Å². The number of nitrogens with one attached hydrogen (secondary N) is 3. The zero-order chi connectivity index (χ0) is 15.7. The van der Waals surface area contributed by atoms with E-state index in [1.165, 1.54) is 0 Å². The molecule has 0 spiro atoms. The molecule has 0 aliphatic carbocycles. The van der Waals surface area contributed by atoms with E-state index in [0.29, 0.717) is 17.2 Å². The number of nitrogens with two attached hydrogens (primary N) is 2. The number of hydrogen-bond donors (Lipinski definition) is 5. The van der Waals surface area contributed by atoms with Crippen LogP contribution < -0.4 is 11.5 Å². The van der Waals surface area contributed by atoms with Crippen molar-refractivity contribution in [2.24, 2.45) is 5.73 Å². The van der Waals surface area contributed by atoms with Gasteiger partial charge in [-0.05, 0) is 24.3 Å². The molecule has 0 unspecified atom stereocenters. The van der Waals surface area contributed by atoms with Crippen LogP contribution in [0.15, 0.2) is 36.7 Å². The molecule has 3 rings (SSSR count). The first-order valence-electron chi connectivity index (χ1n) is 6.35. The Morgan fingerprint density at radius 2 is 2.05 bits per heavy atom. The van der Waals surface area contributed by atoms with Crippen LogP contribution >= 0.6 is 0 Å². The number of hydrogen-bond acceptors (Lipinski definition) is 6. The zero-order valence-corrected chi connectivity index (χ0v) is 11.4. The monoisotopic (exact) mass is 295 g/mol. The van der Waals surface area contributed by atoms with Gasteiger partial charge in [-0.2, -0.15) is 0 Å². The van der Waals surface area contributed by atoms with Gasteiger partial charge in [0.2, 0.25) is 5.90 Å². The Morgan fingerprint density at radius 1 is 1.23 bits per heavy atom. The van der Waals surface area contributed by atoms with Crippen LogP contribution in [0.2, 0.25) is 0 Å². The first kappa shape index (κ1) is 13.6. The van der Waals surface area contributed by atoms with E-state index in [-0.39, 0.29) is 5.90 Å². The molecule has 0 amide bonds. The highest BCUT2D eigenvalue weighted by molar-refractivity contribution is 6.03. The molecule has 8 nitrogen and oxygen atoms in total. The Balaban J connectivity index is 2.09. The highest BCUT2D eigenvalue weighted by Crippen LogP contribution is 2.27. The minimum Gasteiger partial charge on any atom is -0.407 e. The molecular weight excluding hydrogens is 282 g/mol. The Labute approximate surface area is 125 Å². The number of fused-ring (bicyclic) bond motifs is 1. The third kappa shape index (κ3) is 2.44. The molecule has 1 aromatic carbocycles. The topological polar surface area (TPSA) is 151 Å². The average molecular weight is 295 g/mol. The molecule has 110 valence electrons. The van der Waals surface area contributed by atoms with Crippen molar-refractivity contribution in [3.8, 4) is 11.4 Å². The summed E-state index contributed by atoms with van der Waals surface area (Å²) in [4.78, 5) is 11.5. The number of ether oxygens (including phenoxy) is 1. The lowest BCUT2D eigenvalue weighted by molar-refractivity contribution is 0.527. The molecule has 2 aromatic heterocycles. The number of anilines is 1. The van der Waals surface area contributed by atoms with E-state index < -0.39 is 6.02 Å². The molecule has 3 aromatic rings. The standard InChI is InChI=1S/C14H13N7O/c15-11-3-4-19-13(21-11)9-6-20-10-2-1-7(5-8(9)10)12(16)22-14(17)18/h1-6,16,20H,(H3,17,18)(H2,15,19,21). The largest absolute Gasteiger partial charge is 0.407 e. The summed E-state index contributed by atoms with van der Waals surface area (Å²) in [7, 11) is 0. The Bertz CT molecular complexity index is 884. The van der Waals surface area contributed by atoms with Crippen molar-refractivity contribution < 1.29 is 4.74 Å². The van der Waals surface area contributed by atoms with Crippen LogP contribution in [0.3, 0.4) is 0 Å². The van der Waals surface area contributed by atoms with Crippen LogP contribution in [0.5, 0.6) is 0 Å². The number of aromatic nitrogens is 3. The fourth-order valence-corrected chi connectivity index (χ4v) is 2.12. The third-order valence-corrected chi connectivity index (χ3v) is 3.07. The smallest absolute Gasteiger partial charge is 0.285 e. The summed E-state index contributed by atoms with van der Waals surface area (Å²) in [5, 5.41) is 15.7. The molecular formula is C14H13N7O. The number of benzene rings is 1. The number of aromatic amines is 1. The van der Waals surface area contributed by atoms with Crippen LogP contribution in [0.1, 0.15) is 5.56 Å². The number of rotatable bonds is 2. The molecule has 0 saturated carbocycles. The lowest BCUT2D eigenvalue weighted by Crippen LogP contribution is -2.19. The summed E-state index contributed by atoms with van der Waals surface area (Å²) in [5.74, 6) is 0.667. The van der Waals surface area contributed by atoms with Gasteiger partial charge in [-0.15, -0.1) is 0 Å². The van der Waals surface area contributed by atoms with Gasteiger partial charge in [-0.25, -0.2) is 9.97 Å². The summed E-state index contributed by atoms with van der Waals surface area (Å²) in [6.45, 7) is 0. The Hall–Kier alpha value is -3.42. The van der Waals surface area contributed by atoms with Crippen LogP contribution in [0.25, 0.3) is 22.3 Å². The normalized spacial score (nSPS) is 10.5. The van der Waals surface area contributed by atoms with Gasteiger partial charge in [0.15, 0.2) is 5.82 Å². The number of nitrogens with zero attached hydrogens (tertiary/aromatic N) is 2. The van der Waals surface area contributed by atoms with Gasteiger partial charge in [0, 0.05) is 34.4 Å². The summed E-state index contributed by atoms with van der Waals surface area (Å²) >= 11 is 0. The minimum absolute atomic E-state index is 0.199. The quantitative estimate of drug-likeness (QED) is 0.358. The fraction of sp³-hybridized carbons (Fsp3) is 0. The van der Waals surface area contributed by atoms with Crippen molar-refractivity contribution in [1.82, 2.24) is 15.0 Å². The summed E-state index contributed by atoms with van der Waals surface area (Å²) in [6, 6.07) is 6.34. The summed E-state index contributed by atoms with van der Waals surface area (Å²) in [6.07, 6.45) is 3.36. The van der Waals surface area contributed by atoms with Crippen LogP contribution in [0, 0.1) is 10.8 Å². The molecule has 2 heterocycles. The predicted octanol–water partition coefficient (Wildman–Crippen LogP) is 1.44. The number of H-pyrrole nitrogens is 1. The van der Waals surface area contributed by atoms with Crippen molar-refractivity contribution in [2.75, 3.05) is 5.73 Å². The van der Waals surface area contributed by atoms with Crippen molar-refractivity contribution in [3.05, 3.63) is 42.2 Å². The second-order valence-electron chi connectivity index (χ2n) is 4.56. The van der Waals surface area contributed by atoms with Gasteiger partial charge in [0.25, 0.3) is 6.02 Å². The third-order valence-electron chi connectivity index (χ3n) is 3.07. The fourth-order valence-electron chi connectivity index (χ4n) is 2.12. The number of amidine groups is 1. The highest BCUT2D eigenvalue weighted by Gasteiger charge is 2.12. The molecule has 22 heavy (non-hydrogen) atoms. The Kier molecular flexibility index (Phi) is 3.18. The molecule has 0 saturated heterocycles. The van der Waals surface area contributed by atoms with E-state index in [4.69, 9.17) is 27.0 Å². The lowest BCUT2D eigenvalue weighted by Gasteiger charge is -2.05. The van der Waals surface area contributed by atoms with Crippen molar-refractivity contribution in [3.63, 3.8) is 0 Å². The van der Waals surface area contributed by atoms with E-state index >= 15 is 0 Å². The van der Waals surface area contributed by atoms with Crippen LogP contribution in [0.4, 0.5) is 5.82 Å². The first-order chi connectivity index (χ1) is 10.5. The molecule has 0 aliphatic heterocycles. The van der Waals surface area contributed by atoms with Crippen molar-refractivity contribution in [1.29, 1.82) is 10.8 Å². The molecule has 0 aliphatic rings. The lowest BCUT2D eigenvalue weighted by atomic mass is 10.1. The predicted molar refractivity (Wildman–Crippen MR) is 83.6 cm³/mol. The van der Waals surface area contributed by atoms with E-state index in [9.17, 15) is 0 Å². The van der Waals surface area contributed by atoms with Gasteiger partial charge in [0.05, 0.1) is 0 Å². The highest BCUT2D eigenvalue weighted by atomic mass is 16.5. The van der Waals surface area contributed by atoms with Crippen LogP contribution in [-0.4, -0.2) is 26.9 Å². The SMILES string of the molecule is N=C(N)OC(=N)c1ccc2[nH]cc(-c3nccc(N)n3)c2c1. The van der Waals surface area contributed by atoms with Gasteiger partial charge in [0.1, 0.15) is 5.82 Å². The van der Waals surface area contributed by atoms with Crippen LogP contribution in [-0.2, 0) is 4.74 Å². The molecule has 0 bridgehead atoms. The molecule has 0 atom stereocenters. The first-order valence-corrected chi connectivity index (χ1v) is 6.35. The second kappa shape index (κ2) is 5.17. The second-order valence-corrected chi connectivity index (χ2v) is 4.56.